The average Bonchev–Trinajstić information content (AvgIpc) is 3.12. The van der Waals surface area contributed by atoms with Crippen molar-refractivity contribution < 1.29 is 4.74 Å². The van der Waals surface area contributed by atoms with Gasteiger partial charge in [-0.3, -0.25) is 0 Å². The van der Waals surface area contributed by atoms with Crippen molar-refractivity contribution in [3.05, 3.63) is 44.5 Å². The molecule has 4 rings (SSSR count). The van der Waals surface area contributed by atoms with Gasteiger partial charge in [0.15, 0.2) is 5.65 Å². The zero-order valence-electron chi connectivity index (χ0n) is 16.0. The number of nitrogens with one attached hydrogen (secondary N) is 2. The molecule has 1 fully saturated rings. The van der Waals surface area contributed by atoms with Crippen LogP contribution in [0.25, 0.3) is 11.2 Å². The van der Waals surface area contributed by atoms with Gasteiger partial charge in [0.1, 0.15) is 10.9 Å². The number of halogens is 3. The van der Waals surface area contributed by atoms with Crippen LogP contribution in [0.4, 0.5) is 5.95 Å². The van der Waals surface area contributed by atoms with Gasteiger partial charge < -0.3 is 19.9 Å². The first-order chi connectivity index (χ1) is 14.0. The topological polar surface area (TPSA) is 66.1 Å². The number of benzene rings is 1. The highest BCUT2D eigenvalue weighted by Crippen LogP contribution is 2.33. The van der Waals surface area contributed by atoms with Gasteiger partial charge in [0.2, 0.25) is 5.95 Å². The van der Waals surface area contributed by atoms with Crippen LogP contribution in [0, 0.1) is 0 Å². The first-order valence-electron chi connectivity index (χ1n) is 9.65. The maximum absolute atomic E-state index is 6.25. The molecule has 0 radical (unpaired) electrons. The fourth-order valence-corrected chi connectivity index (χ4v) is 4.78. The second-order valence-corrected chi connectivity index (χ2v) is 8.72. The van der Waals surface area contributed by atoms with Crippen LogP contribution < -0.4 is 15.0 Å². The summed E-state index contributed by atoms with van der Waals surface area (Å²) in [6.07, 6.45) is 2.19. The lowest BCUT2D eigenvalue weighted by Crippen LogP contribution is -2.46. The monoisotopic (exact) mass is 497 g/mol. The normalized spacial score (nSPS) is 17.1. The first-order valence-corrected chi connectivity index (χ1v) is 11.2. The van der Waals surface area contributed by atoms with Crippen molar-refractivity contribution >= 4 is 56.2 Å². The van der Waals surface area contributed by atoms with Crippen LogP contribution in [-0.4, -0.2) is 40.7 Å². The van der Waals surface area contributed by atoms with Crippen molar-refractivity contribution in [2.45, 2.75) is 32.4 Å². The number of ether oxygens (including phenoxy) is 1. The number of pyridine rings is 1. The number of piperidine rings is 1. The lowest BCUT2D eigenvalue weighted by molar-refractivity contribution is 0.331. The Balaban J connectivity index is 1.45. The third-order valence-corrected chi connectivity index (χ3v) is 5.99. The maximum atomic E-state index is 6.25. The molecule has 1 aliphatic rings. The van der Waals surface area contributed by atoms with Crippen molar-refractivity contribution in [1.82, 2.24) is 20.3 Å². The molecule has 3 aromatic rings. The molecule has 29 heavy (non-hydrogen) atoms. The fourth-order valence-electron chi connectivity index (χ4n) is 3.65. The van der Waals surface area contributed by atoms with E-state index < -0.39 is 0 Å². The van der Waals surface area contributed by atoms with E-state index in [1.807, 2.05) is 25.1 Å². The van der Waals surface area contributed by atoms with Gasteiger partial charge in [-0.15, -0.1) is 0 Å². The quantitative estimate of drug-likeness (QED) is 0.458. The summed E-state index contributed by atoms with van der Waals surface area (Å²) in [4.78, 5) is 14.5. The molecule has 3 heterocycles. The van der Waals surface area contributed by atoms with Crippen molar-refractivity contribution in [3.63, 3.8) is 0 Å². The summed E-state index contributed by atoms with van der Waals surface area (Å²) in [5.74, 6) is 1.68. The molecular formula is C20H22BrCl2N5O. The van der Waals surface area contributed by atoms with E-state index in [2.05, 4.69) is 41.1 Å². The highest BCUT2D eigenvalue weighted by molar-refractivity contribution is 9.10. The Bertz CT molecular complexity index is 1010. The van der Waals surface area contributed by atoms with Crippen LogP contribution in [0.1, 0.15) is 25.3 Å². The Morgan fingerprint density at radius 1 is 1.31 bits per heavy atom. The Hall–Kier alpha value is -1.54. The van der Waals surface area contributed by atoms with E-state index in [1.54, 1.807) is 6.07 Å². The van der Waals surface area contributed by atoms with Crippen molar-refractivity contribution in [1.29, 1.82) is 0 Å². The molecule has 0 amide bonds. The molecule has 1 aliphatic heterocycles. The van der Waals surface area contributed by atoms with Crippen LogP contribution in [0.5, 0.6) is 5.75 Å². The number of hydrogen-bond donors (Lipinski definition) is 2. The smallest absolute Gasteiger partial charge is 0.205 e. The fraction of sp³-hybridized carbons (Fsp3) is 0.400. The predicted octanol–water partition coefficient (Wildman–Crippen LogP) is 5.18. The maximum Gasteiger partial charge on any atom is 0.205 e. The zero-order chi connectivity index (χ0) is 20.4. The van der Waals surface area contributed by atoms with Crippen LogP contribution in [-0.2, 0) is 6.54 Å². The van der Waals surface area contributed by atoms with E-state index in [-0.39, 0.29) is 0 Å². The number of anilines is 1. The summed E-state index contributed by atoms with van der Waals surface area (Å²) >= 11 is 15.8. The van der Waals surface area contributed by atoms with Crippen LogP contribution in [0.2, 0.25) is 10.2 Å². The van der Waals surface area contributed by atoms with Gasteiger partial charge in [-0.25, -0.2) is 4.98 Å². The largest absolute Gasteiger partial charge is 0.492 e. The van der Waals surface area contributed by atoms with Gasteiger partial charge in [-0.05, 0) is 60.0 Å². The van der Waals surface area contributed by atoms with Crippen molar-refractivity contribution in [2.24, 2.45) is 0 Å². The van der Waals surface area contributed by atoms with Crippen molar-refractivity contribution in [3.8, 4) is 5.75 Å². The van der Waals surface area contributed by atoms with Crippen molar-refractivity contribution in [2.75, 3.05) is 24.6 Å². The Morgan fingerprint density at radius 3 is 3.00 bits per heavy atom. The van der Waals surface area contributed by atoms with Gasteiger partial charge >= 0.3 is 0 Å². The molecule has 2 aromatic heterocycles. The predicted molar refractivity (Wildman–Crippen MR) is 121 cm³/mol. The third-order valence-electron chi connectivity index (χ3n) is 4.98. The van der Waals surface area contributed by atoms with Gasteiger partial charge in [0.25, 0.3) is 0 Å². The number of fused-ring (bicyclic) bond motifs is 1. The molecule has 154 valence electrons. The van der Waals surface area contributed by atoms with Crippen LogP contribution >= 0.6 is 39.1 Å². The number of nitrogens with zero attached hydrogens (tertiary/aromatic N) is 3. The third kappa shape index (κ3) is 4.79. The number of aromatic nitrogens is 3. The Labute approximate surface area is 188 Å². The summed E-state index contributed by atoms with van der Waals surface area (Å²) in [7, 11) is 0. The van der Waals surface area contributed by atoms with Gasteiger partial charge in [-0.2, -0.15) is 4.98 Å². The minimum atomic E-state index is 0.334. The SMILES string of the molecule is CCOc1c(Br)cc(Cl)cc1CNC1CCCN(c2nc3nc(Cl)ccc3[nH]2)C1. The summed E-state index contributed by atoms with van der Waals surface area (Å²) in [6.45, 7) is 5.09. The molecule has 9 heteroatoms. The lowest BCUT2D eigenvalue weighted by atomic mass is 10.1. The van der Waals surface area contributed by atoms with Gasteiger partial charge in [0, 0.05) is 36.3 Å². The highest BCUT2D eigenvalue weighted by Gasteiger charge is 2.23. The number of imidazole rings is 1. The lowest BCUT2D eigenvalue weighted by Gasteiger charge is -2.33. The van der Waals surface area contributed by atoms with Crippen LogP contribution in [0.3, 0.4) is 0 Å². The molecule has 0 saturated carbocycles. The van der Waals surface area contributed by atoms with Gasteiger partial charge in [0.05, 0.1) is 16.6 Å². The highest BCUT2D eigenvalue weighted by atomic mass is 79.9. The number of H-pyrrole nitrogens is 1. The molecule has 0 bridgehead atoms. The molecule has 1 atom stereocenters. The summed E-state index contributed by atoms with van der Waals surface area (Å²) < 4.78 is 6.68. The molecule has 1 unspecified atom stereocenters. The molecule has 0 aliphatic carbocycles. The van der Waals surface area contributed by atoms with E-state index in [4.69, 9.17) is 27.9 Å². The minimum absolute atomic E-state index is 0.334. The van der Waals surface area contributed by atoms with Gasteiger partial charge in [-0.1, -0.05) is 23.2 Å². The molecule has 1 saturated heterocycles. The summed E-state index contributed by atoms with van der Waals surface area (Å²) in [5, 5.41) is 4.80. The Morgan fingerprint density at radius 2 is 2.17 bits per heavy atom. The molecular weight excluding hydrogens is 477 g/mol. The van der Waals surface area contributed by atoms with E-state index in [0.717, 1.165) is 53.2 Å². The molecule has 1 aromatic carbocycles. The van der Waals surface area contributed by atoms with E-state index in [9.17, 15) is 0 Å². The number of rotatable bonds is 6. The summed E-state index contributed by atoms with van der Waals surface area (Å²) in [5.41, 5.74) is 2.59. The van der Waals surface area contributed by atoms with E-state index >= 15 is 0 Å². The zero-order valence-corrected chi connectivity index (χ0v) is 19.1. The molecule has 0 spiro atoms. The minimum Gasteiger partial charge on any atom is -0.492 e. The summed E-state index contributed by atoms with van der Waals surface area (Å²) in [6, 6.07) is 7.83. The molecule has 6 nitrogen and oxygen atoms in total. The second-order valence-electron chi connectivity index (χ2n) is 7.04. The Kier molecular flexibility index (Phi) is 6.49. The van der Waals surface area contributed by atoms with Crippen LogP contribution in [0.15, 0.2) is 28.7 Å². The number of hydrogen-bond acceptors (Lipinski definition) is 5. The first kappa shape index (κ1) is 20.7. The number of aromatic amines is 1. The van der Waals surface area contributed by atoms with E-state index in [1.165, 1.54) is 0 Å². The van der Waals surface area contributed by atoms with E-state index in [0.29, 0.717) is 35.0 Å². The average molecular weight is 499 g/mol. The molecule has 2 N–H and O–H groups in total. The second kappa shape index (κ2) is 9.08. The standard InChI is InChI=1S/C20H22BrCl2N5O/c1-2-29-18-12(8-13(22)9-15(18)21)10-24-14-4-3-7-28(11-14)20-25-16-5-6-17(23)26-19(16)27-20/h5-6,8-9,14,24H,2-4,7,10-11H2,1H3,(H,25,26,27).